The lowest BCUT2D eigenvalue weighted by Gasteiger charge is -2.17. The molecule has 1 atom stereocenters. The minimum atomic E-state index is -0.379. The van der Waals surface area contributed by atoms with Crippen molar-refractivity contribution >= 4 is 6.09 Å². The zero-order valence-corrected chi connectivity index (χ0v) is 12.1. The van der Waals surface area contributed by atoms with Gasteiger partial charge in [0.05, 0.1) is 7.11 Å². The topological polar surface area (TPSA) is 61.8 Å². The van der Waals surface area contributed by atoms with Crippen molar-refractivity contribution in [1.82, 2.24) is 10.2 Å². The molecule has 112 valence electrons. The van der Waals surface area contributed by atoms with Gasteiger partial charge >= 0.3 is 6.09 Å². The Morgan fingerprint density at radius 2 is 2.33 bits per heavy atom. The summed E-state index contributed by atoms with van der Waals surface area (Å²) in [5.41, 5.74) is 2.08. The first kappa shape index (κ1) is 15.4. The number of hydrogen-bond donors (Lipinski definition) is 2. The number of hydrogen-bond acceptors (Lipinski definition) is 4. The van der Waals surface area contributed by atoms with Crippen molar-refractivity contribution in [2.24, 2.45) is 0 Å². The van der Waals surface area contributed by atoms with E-state index in [0.717, 1.165) is 37.2 Å². The molecule has 2 rings (SSSR count). The molecule has 0 bridgehead atoms. The number of rotatable bonds is 3. The second kappa shape index (κ2) is 7.67. The van der Waals surface area contributed by atoms with Gasteiger partial charge in [0.1, 0.15) is 6.61 Å². The van der Waals surface area contributed by atoms with Gasteiger partial charge in [0.15, 0.2) is 0 Å². The van der Waals surface area contributed by atoms with Crippen LogP contribution in [0.5, 0.6) is 0 Å². The van der Waals surface area contributed by atoms with Crippen molar-refractivity contribution in [2.45, 2.75) is 19.0 Å². The smallest absolute Gasteiger partial charge is 0.407 e. The fourth-order valence-corrected chi connectivity index (χ4v) is 2.48. The number of ether oxygens (including phenoxy) is 1. The quantitative estimate of drug-likeness (QED) is 0.813. The number of alkyl carbamates (subject to hydrolysis) is 1. The summed E-state index contributed by atoms with van der Waals surface area (Å²) in [6.07, 6.45) is 0.538. The average Bonchev–Trinajstić information content (AvgIpc) is 2.93. The van der Waals surface area contributed by atoms with Gasteiger partial charge in [0, 0.05) is 31.2 Å². The number of benzene rings is 1. The maximum atomic E-state index is 11.2. The van der Waals surface area contributed by atoms with E-state index >= 15 is 0 Å². The number of nitrogens with one attached hydrogen (secondary N) is 1. The predicted molar refractivity (Wildman–Crippen MR) is 79.6 cm³/mol. The maximum absolute atomic E-state index is 11.2. The van der Waals surface area contributed by atoms with Crippen LogP contribution in [-0.2, 0) is 11.3 Å². The van der Waals surface area contributed by atoms with E-state index in [9.17, 15) is 4.79 Å². The molecule has 1 aliphatic rings. The second-order valence-corrected chi connectivity index (χ2v) is 4.97. The van der Waals surface area contributed by atoms with Crippen LogP contribution in [0.3, 0.4) is 0 Å². The zero-order valence-electron chi connectivity index (χ0n) is 12.1. The molecule has 0 spiro atoms. The number of aliphatic hydroxyl groups excluding tert-OH is 1. The van der Waals surface area contributed by atoms with Crippen molar-refractivity contribution in [2.75, 3.05) is 26.8 Å². The summed E-state index contributed by atoms with van der Waals surface area (Å²) in [5, 5.41) is 11.6. The van der Waals surface area contributed by atoms with Crippen LogP contribution in [-0.4, -0.2) is 48.9 Å². The van der Waals surface area contributed by atoms with E-state index in [4.69, 9.17) is 5.11 Å². The van der Waals surface area contributed by atoms with E-state index in [1.54, 1.807) is 0 Å². The molecule has 21 heavy (non-hydrogen) atoms. The molecule has 5 nitrogen and oxygen atoms in total. The molecule has 1 amide bonds. The summed E-state index contributed by atoms with van der Waals surface area (Å²) >= 11 is 0. The van der Waals surface area contributed by atoms with E-state index in [-0.39, 0.29) is 18.7 Å². The van der Waals surface area contributed by atoms with Gasteiger partial charge in [-0.25, -0.2) is 4.79 Å². The number of methoxy groups -OCH3 is 1. The highest BCUT2D eigenvalue weighted by Gasteiger charge is 2.24. The number of carbonyl (C=O) groups excluding carboxylic acids is 1. The summed E-state index contributed by atoms with van der Waals surface area (Å²) in [4.78, 5) is 13.5. The molecule has 0 saturated carbocycles. The first-order valence-corrected chi connectivity index (χ1v) is 6.97. The Morgan fingerprint density at radius 1 is 1.52 bits per heavy atom. The Balaban J connectivity index is 1.96. The standard InChI is InChI=1S/C16H20N2O3/c1-21-16(20)17-15-8-9-18(12-15)11-14-6-3-2-5-13(14)7-4-10-19/h2-3,5-6,15,19H,8-12H2,1H3,(H,17,20). The molecule has 0 radical (unpaired) electrons. The van der Waals surface area contributed by atoms with E-state index in [0.29, 0.717) is 0 Å². The number of likely N-dealkylation sites (tertiary alicyclic amines) is 1. The Kier molecular flexibility index (Phi) is 5.61. The van der Waals surface area contributed by atoms with E-state index in [1.807, 2.05) is 24.3 Å². The summed E-state index contributed by atoms with van der Waals surface area (Å²) in [7, 11) is 1.37. The first-order chi connectivity index (χ1) is 10.2. The van der Waals surface area contributed by atoms with Gasteiger partial charge in [-0.1, -0.05) is 30.0 Å². The average molecular weight is 288 g/mol. The van der Waals surface area contributed by atoms with Gasteiger partial charge in [0.2, 0.25) is 0 Å². The molecule has 1 unspecified atom stereocenters. The monoisotopic (exact) mass is 288 g/mol. The molecule has 1 aromatic rings. The fraction of sp³-hybridized carbons (Fsp3) is 0.438. The van der Waals surface area contributed by atoms with Crippen LogP contribution < -0.4 is 5.32 Å². The fourth-order valence-electron chi connectivity index (χ4n) is 2.48. The third kappa shape index (κ3) is 4.48. The second-order valence-electron chi connectivity index (χ2n) is 4.97. The van der Waals surface area contributed by atoms with Crippen molar-refractivity contribution < 1.29 is 14.6 Å². The van der Waals surface area contributed by atoms with E-state index in [2.05, 4.69) is 26.8 Å². The lowest BCUT2D eigenvalue weighted by molar-refractivity contribution is 0.166. The van der Waals surface area contributed by atoms with Crippen LogP contribution in [0.25, 0.3) is 0 Å². The Labute approximate surface area is 124 Å². The zero-order chi connectivity index (χ0) is 15.1. The van der Waals surface area contributed by atoms with Crippen LogP contribution in [0.1, 0.15) is 17.5 Å². The molecule has 1 saturated heterocycles. The largest absolute Gasteiger partial charge is 0.453 e. The molecule has 1 aromatic carbocycles. The minimum absolute atomic E-state index is 0.133. The summed E-state index contributed by atoms with van der Waals surface area (Å²) in [5.74, 6) is 5.66. The maximum Gasteiger partial charge on any atom is 0.407 e. The molecule has 1 heterocycles. The molecule has 1 aliphatic heterocycles. The highest BCUT2D eigenvalue weighted by molar-refractivity contribution is 5.67. The van der Waals surface area contributed by atoms with Crippen LogP contribution >= 0.6 is 0 Å². The molecule has 0 aromatic heterocycles. The Morgan fingerprint density at radius 3 is 3.10 bits per heavy atom. The van der Waals surface area contributed by atoms with Crippen LogP contribution in [0.15, 0.2) is 24.3 Å². The van der Waals surface area contributed by atoms with Crippen molar-refractivity contribution in [1.29, 1.82) is 0 Å². The molecular formula is C16H20N2O3. The van der Waals surface area contributed by atoms with Crippen LogP contribution in [0, 0.1) is 11.8 Å². The predicted octanol–water partition coefficient (Wildman–Crippen LogP) is 0.961. The van der Waals surface area contributed by atoms with Gasteiger partial charge < -0.3 is 15.2 Å². The molecule has 5 heteroatoms. The lowest BCUT2D eigenvalue weighted by Crippen LogP contribution is -2.36. The van der Waals surface area contributed by atoms with E-state index < -0.39 is 0 Å². The summed E-state index contributed by atoms with van der Waals surface area (Å²) in [6, 6.07) is 8.06. The van der Waals surface area contributed by atoms with Gasteiger partial charge in [-0.15, -0.1) is 0 Å². The third-order valence-electron chi connectivity index (χ3n) is 3.49. The number of carbonyl (C=O) groups is 1. The normalized spacial score (nSPS) is 17.9. The lowest BCUT2D eigenvalue weighted by atomic mass is 10.1. The minimum Gasteiger partial charge on any atom is -0.453 e. The molecule has 0 aliphatic carbocycles. The number of amides is 1. The van der Waals surface area contributed by atoms with E-state index in [1.165, 1.54) is 7.11 Å². The van der Waals surface area contributed by atoms with Crippen LogP contribution in [0.2, 0.25) is 0 Å². The van der Waals surface area contributed by atoms with Gasteiger partial charge in [-0.05, 0) is 18.1 Å². The molecule has 1 fully saturated rings. The highest BCUT2D eigenvalue weighted by atomic mass is 16.5. The van der Waals surface area contributed by atoms with Crippen molar-refractivity contribution in [3.63, 3.8) is 0 Å². The van der Waals surface area contributed by atoms with Crippen molar-refractivity contribution in [3.05, 3.63) is 35.4 Å². The number of nitrogens with zero attached hydrogens (tertiary/aromatic N) is 1. The van der Waals surface area contributed by atoms with Gasteiger partial charge in [0.25, 0.3) is 0 Å². The summed E-state index contributed by atoms with van der Waals surface area (Å²) in [6.45, 7) is 2.38. The van der Waals surface area contributed by atoms with Crippen molar-refractivity contribution in [3.8, 4) is 11.8 Å². The highest BCUT2D eigenvalue weighted by Crippen LogP contribution is 2.16. The number of aliphatic hydroxyl groups is 1. The summed E-state index contributed by atoms with van der Waals surface area (Å²) < 4.78 is 4.62. The van der Waals surface area contributed by atoms with Gasteiger partial charge in [-0.2, -0.15) is 0 Å². The van der Waals surface area contributed by atoms with Crippen LogP contribution in [0.4, 0.5) is 4.79 Å². The third-order valence-corrected chi connectivity index (χ3v) is 3.49. The Hall–Kier alpha value is -2.03. The first-order valence-electron chi connectivity index (χ1n) is 6.97. The SMILES string of the molecule is COC(=O)NC1CCN(Cc2ccccc2C#CCO)C1. The Bertz CT molecular complexity index is 548. The molecular weight excluding hydrogens is 268 g/mol. The van der Waals surface area contributed by atoms with Gasteiger partial charge in [-0.3, -0.25) is 4.90 Å². The molecule has 2 N–H and O–H groups in total.